The number of piperidine rings is 1. The second-order valence-corrected chi connectivity index (χ2v) is 12.8. The Hall–Kier alpha value is -3.34. The van der Waals surface area contributed by atoms with E-state index in [1.54, 1.807) is 6.07 Å². The molecule has 2 aromatic carbocycles. The van der Waals surface area contributed by atoms with Crippen LogP contribution < -0.4 is 14.8 Å². The number of aliphatic hydroxyl groups is 1. The zero-order chi connectivity index (χ0) is 32.0. The number of carbonyl (C=O) groups excluding carboxylic acids is 2. The molecule has 0 radical (unpaired) electrons. The number of aliphatic hydroxyl groups excluding tert-OH is 1. The van der Waals surface area contributed by atoms with Gasteiger partial charge in [-0.3, -0.25) is 14.5 Å². The van der Waals surface area contributed by atoms with E-state index in [0.29, 0.717) is 56.3 Å². The molecule has 3 aliphatic rings. The minimum absolute atomic E-state index is 0. The lowest BCUT2D eigenvalue weighted by Gasteiger charge is -2.52. The molecular formula is C35H48ClN3O7. The van der Waals surface area contributed by atoms with Crippen molar-refractivity contribution in [3.63, 3.8) is 0 Å². The van der Waals surface area contributed by atoms with Crippen molar-refractivity contribution >= 4 is 30.2 Å². The number of hydrogen-bond donors (Lipinski definition) is 3. The van der Waals surface area contributed by atoms with E-state index in [9.17, 15) is 24.6 Å². The number of piperazine rings is 1. The van der Waals surface area contributed by atoms with Gasteiger partial charge in [0.15, 0.2) is 11.5 Å². The van der Waals surface area contributed by atoms with Gasteiger partial charge >= 0.3 is 5.97 Å². The van der Waals surface area contributed by atoms with Crippen molar-refractivity contribution in [2.24, 2.45) is 5.92 Å². The van der Waals surface area contributed by atoms with Crippen LogP contribution in [0.1, 0.15) is 87.1 Å². The third kappa shape index (κ3) is 7.78. The number of carboxylic acids is 1. The fourth-order valence-electron chi connectivity index (χ4n) is 7.17. The van der Waals surface area contributed by atoms with Crippen molar-refractivity contribution in [2.45, 2.75) is 95.4 Å². The first kappa shape index (κ1) is 35.5. The summed E-state index contributed by atoms with van der Waals surface area (Å²) >= 11 is 0. The van der Waals surface area contributed by atoms with E-state index in [0.717, 1.165) is 56.9 Å². The summed E-state index contributed by atoms with van der Waals surface area (Å²) < 4.78 is 11.3. The van der Waals surface area contributed by atoms with Crippen molar-refractivity contribution in [3.05, 3.63) is 53.6 Å². The van der Waals surface area contributed by atoms with Gasteiger partial charge in [0.25, 0.3) is 0 Å². The number of aromatic carboxylic acids is 1. The van der Waals surface area contributed by atoms with Crippen LogP contribution in [0.25, 0.3) is 0 Å². The zero-order valence-corrected chi connectivity index (χ0v) is 27.7. The lowest BCUT2D eigenvalue weighted by atomic mass is 9.78. The maximum atomic E-state index is 13.9. The number of benzene rings is 2. The zero-order valence-electron chi connectivity index (χ0n) is 26.9. The van der Waals surface area contributed by atoms with E-state index in [-0.39, 0.29) is 35.7 Å². The highest BCUT2D eigenvalue weighted by atomic mass is 35.5. The number of nitrogens with zero attached hydrogens (tertiary/aromatic N) is 2. The molecule has 1 spiro atoms. The molecule has 3 fully saturated rings. The molecule has 2 atom stereocenters. The van der Waals surface area contributed by atoms with Crippen LogP contribution in [0.3, 0.4) is 0 Å². The molecule has 0 unspecified atom stereocenters. The number of nitrogens with one attached hydrogen (secondary N) is 1. The molecular weight excluding hydrogens is 610 g/mol. The topological polar surface area (TPSA) is 129 Å². The van der Waals surface area contributed by atoms with Crippen molar-refractivity contribution < 1.29 is 34.1 Å². The number of carbonyl (C=O) groups is 3. The van der Waals surface area contributed by atoms with Gasteiger partial charge in [-0.15, -0.1) is 12.4 Å². The van der Waals surface area contributed by atoms with Crippen molar-refractivity contribution in [3.8, 4) is 17.2 Å². The maximum Gasteiger partial charge on any atom is 0.335 e. The summed E-state index contributed by atoms with van der Waals surface area (Å²) in [4.78, 5) is 43.2. The average molecular weight is 658 g/mol. The van der Waals surface area contributed by atoms with Gasteiger partial charge in [0.05, 0.1) is 18.8 Å². The Morgan fingerprint density at radius 2 is 1.72 bits per heavy atom. The van der Waals surface area contributed by atoms with Crippen LogP contribution in [0.4, 0.5) is 0 Å². The molecule has 11 heteroatoms. The highest BCUT2D eigenvalue weighted by Crippen LogP contribution is 2.37. The Balaban J connectivity index is 0.00000480. The van der Waals surface area contributed by atoms with Crippen LogP contribution in [-0.2, 0) is 16.1 Å². The second-order valence-electron chi connectivity index (χ2n) is 12.8. The fraction of sp³-hybridized carbons (Fsp3) is 0.571. The highest BCUT2D eigenvalue weighted by Gasteiger charge is 2.55. The average Bonchev–Trinajstić information content (AvgIpc) is 3.06. The van der Waals surface area contributed by atoms with Crippen LogP contribution >= 0.6 is 12.4 Å². The molecule has 10 nitrogen and oxygen atoms in total. The molecule has 2 heterocycles. The number of methoxy groups -OCH3 is 1. The largest absolute Gasteiger partial charge is 0.493 e. The number of unbranched alkanes of at least 4 members (excludes halogenated alkanes) is 2. The molecule has 5 rings (SSSR count). The van der Waals surface area contributed by atoms with Gasteiger partial charge in [-0.25, -0.2) is 4.79 Å². The predicted octanol–water partition coefficient (Wildman–Crippen LogP) is 5.40. The Morgan fingerprint density at radius 1 is 1.02 bits per heavy atom. The summed E-state index contributed by atoms with van der Waals surface area (Å²) in [5, 5.41) is 23.5. The molecule has 46 heavy (non-hydrogen) atoms. The number of ether oxygens (including phenoxy) is 2. The Kier molecular flexibility index (Phi) is 12.3. The monoisotopic (exact) mass is 657 g/mol. The molecule has 0 aromatic heterocycles. The van der Waals surface area contributed by atoms with E-state index < -0.39 is 23.7 Å². The quantitative estimate of drug-likeness (QED) is 0.259. The molecule has 252 valence electrons. The first-order valence-corrected chi connectivity index (χ1v) is 16.5. The smallest absolute Gasteiger partial charge is 0.335 e. The van der Waals surface area contributed by atoms with Crippen LogP contribution in [-0.4, -0.2) is 82.2 Å². The van der Waals surface area contributed by atoms with Crippen LogP contribution in [0.2, 0.25) is 0 Å². The standard InChI is InChI=1S/C35H47N3O7.ClH/c1-3-4-8-19-38-32(40)30(31(39)25-9-6-5-7-10-25)36-34(43)35(38)17-20-37(21-18-35)23-24-11-14-27(15-12-24)45-28-16-13-26(33(41)42)22-29(28)44-2;/h11-16,22,25,30-31,39H,3-10,17-21,23H2,1-2H3,(H,36,43)(H,41,42);1H/t30-,31-;/m1./s1. The SMILES string of the molecule is CCCCCN1C(=O)[C@@H]([C@H](O)C2CCCCC2)NC(=O)C12CCN(Cc1ccc(Oc3ccc(C(=O)O)cc3OC)cc1)CC2.Cl. The third-order valence-electron chi connectivity index (χ3n) is 9.87. The lowest BCUT2D eigenvalue weighted by molar-refractivity contribution is -0.166. The Labute approximate surface area is 277 Å². The van der Waals surface area contributed by atoms with E-state index in [4.69, 9.17) is 9.47 Å². The third-order valence-corrected chi connectivity index (χ3v) is 9.87. The van der Waals surface area contributed by atoms with Crippen LogP contribution in [0.5, 0.6) is 17.2 Å². The maximum absolute atomic E-state index is 13.9. The first-order chi connectivity index (χ1) is 21.8. The minimum Gasteiger partial charge on any atom is -0.493 e. The molecule has 3 N–H and O–H groups in total. The Morgan fingerprint density at radius 3 is 2.35 bits per heavy atom. The highest BCUT2D eigenvalue weighted by molar-refractivity contribution is 6.00. The predicted molar refractivity (Wildman–Crippen MR) is 177 cm³/mol. The molecule has 1 saturated carbocycles. The molecule has 2 aromatic rings. The van der Waals surface area contributed by atoms with Gasteiger partial charge in [0.2, 0.25) is 11.8 Å². The molecule has 0 bridgehead atoms. The number of halogens is 1. The second kappa shape index (κ2) is 16.0. The molecule has 2 saturated heterocycles. The van der Waals surface area contributed by atoms with Gasteiger partial charge in [-0.1, -0.05) is 51.2 Å². The van der Waals surface area contributed by atoms with Crippen LogP contribution in [0.15, 0.2) is 42.5 Å². The Bertz CT molecular complexity index is 1340. The van der Waals surface area contributed by atoms with Gasteiger partial charge in [-0.05, 0) is 73.9 Å². The van der Waals surface area contributed by atoms with Gasteiger partial charge in [0.1, 0.15) is 17.3 Å². The summed E-state index contributed by atoms with van der Waals surface area (Å²) in [5.41, 5.74) is 0.330. The number of likely N-dealkylation sites (tertiary alicyclic amines) is 1. The van der Waals surface area contributed by atoms with E-state index >= 15 is 0 Å². The summed E-state index contributed by atoms with van der Waals surface area (Å²) in [7, 11) is 1.47. The van der Waals surface area contributed by atoms with E-state index in [1.807, 2.05) is 29.2 Å². The first-order valence-electron chi connectivity index (χ1n) is 16.5. The normalized spacial score (nSPS) is 20.9. The number of carboxylic acid groups (broad SMARTS) is 1. The molecule has 1 aliphatic carbocycles. The minimum atomic E-state index is -1.04. The summed E-state index contributed by atoms with van der Waals surface area (Å²) in [6.07, 6.45) is 8.20. The van der Waals surface area contributed by atoms with Crippen molar-refractivity contribution in [2.75, 3.05) is 26.7 Å². The van der Waals surface area contributed by atoms with Gasteiger partial charge in [-0.2, -0.15) is 0 Å². The fourth-order valence-corrected chi connectivity index (χ4v) is 7.17. The number of rotatable bonds is 12. The number of amides is 2. The van der Waals surface area contributed by atoms with Crippen LogP contribution in [0, 0.1) is 5.92 Å². The van der Waals surface area contributed by atoms with E-state index in [1.165, 1.54) is 19.2 Å². The van der Waals surface area contributed by atoms with Crippen molar-refractivity contribution in [1.29, 1.82) is 0 Å². The summed E-state index contributed by atoms with van der Waals surface area (Å²) in [5.74, 6) is 0.137. The van der Waals surface area contributed by atoms with Crippen molar-refractivity contribution in [1.82, 2.24) is 15.1 Å². The lowest BCUT2D eigenvalue weighted by Crippen LogP contribution is -2.75. The number of hydrogen-bond acceptors (Lipinski definition) is 7. The van der Waals surface area contributed by atoms with Gasteiger partial charge < -0.3 is 29.9 Å². The summed E-state index contributed by atoms with van der Waals surface area (Å²) in [6, 6.07) is 11.3. The molecule has 2 amide bonds. The van der Waals surface area contributed by atoms with Gasteiger partial charge in [0, 0.05) is 26.2 Å². The van der Waals surface area contributed by atoms with E-state index in [2.05, 4.69) is 17.1 Å². The molecule has 2 aliphatic heterocycles. The summed E-state index contributed by atoms with van der Waals surface area (Å²) in [6.45, 7) is 4.71.